The van der Waals surface area contributed by atoms with Crippen LogP contribution in [0.1, 0.15) is 40.0 Å². The summed E-state index contributed by atoms with van der Waals surface area (Å²) >= 11 is 3.29. The van der Waals surface area contributed by atoms with Crippen molar-refractivity contribution in [2.24, 2.45) is 0 Å². The third-order valence-electron chi connectivity index (χ3n) is 3.81. The van der Waals surface area contributed by atoms with Gasteiger partial charge in [0.15, 0.2) is 0 Å². The molecule has 1 amide bonds. The van der Waals surface area contributed by atoms with E-state index in [9.17, 15) is 14.9 Å². The number of amides is 1. The SMILES string of the molecule is CC(C)(C)OC(=O)N1CCCC[C@H]1COc1ccc([N+](=O)[O-])cc1Br. The Hall–Kier alpha value is -1.83. The number of nitrogens with zero attached hydrogens (tertiary/aromatic N) is 2. The van der Waals surface area contributed by atoms with Crippen molar-refractivity contribution in [1.82, 2.24) is 4.90 Å². The second-order valence-corrected chi connectivity index (χ2v) is 7.86. The monoisotopic (exact) mass is 414 g/mol. The van der Waals surface area contributed by atoms with Crippen molar-refractivity contribution >= 4 is 27.7 Å². The fourth-order valence-electron chi connectivity index (χ4n) is 2.64. The molecule has 2 rings (SSSR count). The summed E-state index contributed by atoms with van der Waals surface area (Å²) in [4.78, 5) is 24.4. The van der Waals surface area contributed by atoms with E-state index in [1.165, 1.54) is 12.1 Å². The summed E-state index contributed by atoms with van der Waals surface area (Å²) in [6.45, 7) is 6.48. The van der Waals surface area contributed by atoms with Gasteiger partial charge in [-0.05, 0) is 62.0 Å². The molecule has 25 heavy (non-hydrogen) atoms. The van der Waals surface area contributed by atoms with E-state index in [-0.39, 0.29) is 17.8 Å². The Morgan fingerprint density at radius 3 is 2.72 bits per heavy atom. The van der Waals surface area contributed by atoms with E-state index in [4.69, 9.17) is 9.47 Å². The molecule has 8 heteroatoms. The van der Waals surface area contributed by atoms with Crippen LogP contribution in [-0.4, -0.2) is 40.7 Å². The predicted octanol–water partition coefficient (Wildman–Crippen LogP) is 4.53. The van der Waals surface area contributed by atoms with Crippen LogP contribution in [0.25, 0.3) is 0 Å². The Balaban J connectivity index is 2.02. The summed E-state index contributed by atoms with van der Waals surface area (Å²) in [6, 6.07) is 4.28. The molecule has 7 nitrogen and oxygen atoms in total. The maximum Gasteiger partial charge on any atom is 0.410 e. The minimum absolute atomic E-state index is 0.00715. The molecule has 0 saturated carbocycles. The molecule has 0 aliphatic carbocycles. The molecule has 0 radical (unpaired) electrons. The lowest BCUT2D eigenvalue weighted by atomic mass is 10.0. The van der Waals surface area contributed by atoms with Crippen molar-refractivity contribution in [1.29, 1.82) is 0 Å². The molecule has 1 aliphatic heterocycles. The number of halogens is 1. The van der Waals surface area contributed by atoms with Crippen molar-refractivity contribution < 1.29 is 19.2 Å². The predicted molar refractivity (Wildman–Crippen MR) is 96.9 cm³/mol. The Bertz CT molecular complexity index is 644. The molecule has 1 aromatic rings. The van der Waals surface area contributed by atoms with Gasteiger partial charge in [-0.15, -0.1) is 0 Å². The molecule has 1 atom stereocenters. The number of ether oxygens (including phenoxy) is 2. The highest BCUT2D eigenvalue weighted by atomic mass is 79.9. The number of nitro benzene ring substituents is 1. The van der Waals surface area contributed by atoms with Crippen molar-refractivity contribution in [3.8, 4) is 5.75 Å². The average molecular weight is 415 g/mol. The van der Waals surface area contributed by atoms with Gasteiger partial charge in [-0.3, -0.25) is 10.1 Å². The van der Waals surface area contributed by atoms with Crippen LogP contribution in [0.2, 0.25) is 0 Å². The standard InChI is InChI=1S/C17H23BrN2O5/c1-17(2,3)25-16(21)19-9-5-4-6-13(19)11-24-15-8-7-12(20(22)23)10-14(15)18/h7-8,10,13H,4-6,9,11H2,1-3H3/t13-/m0/s1. The van der Waals surface area contributed by atoms with Crippen LogP contribution >= 0.6 is 15.9 Å². The largest absolute Gasteiger partial charge is 0.490 e. The fraction of sp³-hybridized carbons (Fsp3) is 0.588. The number of carbonyl (C=O) groups is 1. The first-order valence-electron chi connectivity index (χ1n) is 8.24. The van der Waals surface area contributed by atoms with Crippen molar-refractivity contribution in [2.45, 2.75) is 51.7 Å². The molecule has 1 aromatic carbocycles. The number of non-ortho nitro benzene ring substituents is 1. The van der Waals surface area contributed by atoms with E-state index in [0.717, 1.165) is 19.3 Å². The normalized spacial score (nSPS) is 17.9. The highest BCUT2D eigenvalue weighted by Gasteiger charge is 2.31. The van der Waals surface area contributed by atoms with Gasteiger partial charge in [0.05, 0.1) is 15.4 Å². The number of piperidine rings is 1. The molecule has 0 aromatic heterocycles. The van der Waals surface area contributed by atoms with E-state index in [1.54, 1.807) is 11.0 Å². The van der Waals surface area contributed by atoms with Crippen LogP contribution in [0.3, 0.4) is 0 Å². The lowest BCUT2D eigenvalue weighted by Crippen LogP contribution is -2.48. The summed E-state index contributed by atoms with van der Waals surface area (Å²) in [7, 11) is 0. The zero-order valence-corrected chi connectivity index (χ0v) is 16.2. The molecule has 0 bridgehead atoms. The second-order valence-electron chi connectivity index (χ2n) is 7.01. The van der Waals surface area contributed by atoms with Crippen LogP contribution < -0.4 is 4.74 Å². The molecule has 1 saturated heterocycles. The van der Waals surface area contributed by atoms with Gasteiger partial charge in [0.1, 0.15) is 18.0 Å². The minimum atomic E-state index is -0.540. The van der Waals surface area contributed by atoms with E-state index < -0.39 is 10.5 Å². The van der Waals surface area contributed by atoms with Crippen molar-refractivity contribution in [2.75, 3.05) is 13.2 Å². The molecule has 0 N–H and O–H groups in total. The number of nitro groups is 1. The van der Waals surface area contributed by atoms with Crippen LogP contribution in [0, 0.1) is 10.1 Å². The van der Waals surface area contributed by atoms with Crippen LogP contribution in [-0.2, 0) is 4.74 Å². The highest BCUT2D eigenvalue weighted by Crippen LogP contribution is 2.30. The topological polar surface area (TPSA) is 81.9 Å². The summed E-state index contributed by atoms with van der Waals surface area (Å²) in [5.41, 5.74) is -0.548. The summed E-state index contributed by atoms with van der Waals surface area (Å²) < 4.78 is 11.8. The average Bonchev–Trinajstić information content (AvgIpc) is 2.52. The fourth-order valence-corrected chi connectivity index (χ4v) is 3.12. The molecular weight excluding hydrogens is 392 g/mol. The Kier molecular flexibility index (Phi) is 6.26. The van der Waals surface area contributed by atoms with Gasteiger partial charge in [-0.1, -0.05) is 0 Å². The Morgan fingerprint density at radius 2 is 2.12 bits per heavy atom. The second kappa shape index (κ2) is 8.03. The highest BCUT2D eigenvalue weighted by molar-refractivity contribution is 9.10. The van der Waals surface area contributed by atoms with Crippen LogP contribution in [0.5, 0.6) is 5.75 Å². The summed E-state index contributed by atoms with van der Waals surface area (Å²) in [5.74, 6) is 0.514. The number of benzene rings is 1. The van der Waals surface area contributed by atoms with Gasteiger partial charge in [0.2, 0.25) is 0 Å². The maximum atomic E-state index is 12.4. The summed E-state index contributed by atoms with van der Waals surface area (Å²) in [5, 5.41) is 10.8. The zero-order chi connectivity index (χ0) is 18.6. The van der Waals surface area contributed by atoms with E-state index in [1.807, 2.05) is 20.8 Å². The minimum Gasteiger partial charge on any atom is -0.490 e. The first-order valence-corrected chi connectivity index (χ1v) is 9.03. The van der Waals surface area contributed by atoms with Gasteiger partial charge in [-0.25, -0.2) is 4.79 Å². The number of hydrogen-bond acceptors (Lipinski definition) is 5. The van der Waals surface area contributed by atoms with E-state index >= 15 is 0 Å². The Labute approximate surface area is 155 Å². The lowest BCUT2D eigenvalue weighted by Gasteiger charge is -2.36. The van der Waals surface area contributed by atoms with Crippen LogP contribution in [0.15, 0.2) is 22.7 Å². The number of carbonyl (C=O) groups excluding carboxylic acids is 1. The quantitative estimate of drug-likeness (QED) is 0.533. The summed E-state index contributed by atoms with van der Waals surface area (Å²) in [6.07, 6.45) is 2.47. The molecule has 1 heterocycles. The van der Waals surface area contributed by atoms with E-state index in [0.29, 0.717) is 23.4 Å². The van der Waals surface area contributed by atoms with Crippen LogP contribution in [0.4, 0.5) is 10.5 Å². The molecule has 1 fully saturated rings. The van der Waals surface area contributed by atoms with E-state index in [2.05, 4.69) is 15.9 Å². The first-order chi connectivity index (χ1) is 11.7. The molecule has 0 spiro atoms. The number of hydrogen-bond donors (Lipinski definition) is 0. The smallest absolute Gasteiger partial charge is 0.410 e. The number of rotatable bonds is 4. The van der Waals surface area contributed by atoms with Gasteiger partial charge in [-0.2, -0.15) is 0 Å². The molecular formula is C17H23BrN2O5. The van der Waals surface area contributed by atoms with Crippen molar-refractivity contribution in [3.05, 3.63) is 32.8 Å². The van der Waals surface area contributed by atoms with Crippen molar-refractivity contribution in [3.63, 3.8) is 0 Å². The van der Waals surface area contributed by atoms with Gasteiger partial charge < -0.3 is 14.4 Å². The van der Waals surface area contributed by atoms with Gasteiger partial charge in [0, 0.05) is 18.7 Å². The maximum absolute atomic E-state index is 12.4. The zero-order valence-electron chi connectivity index (χ0n) is 14.7. The Morgan fingerprint density at radius 1 is 1.40 bits per heavy atom. The third-order valence-corrected chi connectivity index (χ3v) is 4.43. The molecule has 138 valence electrons. The number of likely N-dealkylation sites (tertiary alicyclic amines) is 1. The molecule has 1 aliphatic rings. The molecule has 0 unspecified atom stereocenters. The van der Waals surface area contributed by atoms with Gasteiger partial charge >= 0.3 is 6.09 Å². The first kappa shape index (κ1) is 19.5. The lowest BCUT2D eigenvalue weighted by molar-refractivity contribution is -0.385. The van der Waals surface area contributed by atoms with Gasteiger partial charge in [0.25, 0.3) is 5.69 Å². The third kappa shape index (κ3) is 5.59.